The highest BCUT2D eigenvalue weighted by Gasteiger charge is 2.23. The van der Waals surface area contributed by atoms with Crippen LogP contribution in [0.25, 0.3) is 0 Å². The Morgan fingerprint density at radius 1 is 0.947 bits per heavy atom. The Morgan fingerprint density at radius 2 is 1.58 bits per heavy atom. The smallest absolute Gasteiger partial charge is 0.308 e. The van der Waals surface area contributed by atoms with Crippen molar-refractivity contribution in [3.63, 3.8) is 0 Å². The minimum absolute atomic E-state index is 0.128. The van der Waals surface area contributed by atoms with Crippen molar-refractivity contribution in [1.82, 2.24) is 0 Å². The molecular formula is C17H18O2. The molecule has 0 fully saturated rings. The summed E-state index contributed by atoms with van der Waals surface area (Å²) in [5, 5.41) is 0. The van der Waals surface area contributed by atoms with E-state index in [9.17, 15) is 4.79 Å². The first kappa shape index (κ1) is 13.3. The Labute approximate surface area is 114 Å². The molecule has 0 bridgehead atoms. The molecule has 0 unspecified atom stereocenters. The summed E-state index contributed by atoms with van der Waals surface area (Å²) in [6, 6.07) is 18.0. The lowest BCUT2D eigenvalue weighted by Crippen LogP contribution is -2.18. The monoisotopic (exact) mass is 254 g/mol. The number of carbonyl (C=O) groups excluding carboxylic acids is 1. The molecule has 0 heterocycles. The molecule has 0 aromatic heterocycles. The fourth-order valence-electron chi connectivity index (χ4n) is 2.14. The normalized spacial score (nSPS) is 11.1. The predicted octanol–water partition coefficient (Wildman–Crippen LogP) is 3.94. The number of esters is 1. The van der Waals surface area contributed by atoms with Crippen molar-refractivity contribution in [3.05, 3.63) is 65.7 Å². The van der Waals surface area contributed by atoms with Gasteiger partial charge in [0.1, 0.15) is 5.75 Å². The van der Waals surface area contributed by atoms with Crippen LogP contribution in [-0.4, -0.2) is 5.97 Å². The van der Waals surface area contributed by atoms with E-state index < -0.39 is 0 Å². The van der Waals surface area contributed by atoms with Gasteiger partial charge in [-0.05, 0) is 23.3 Å². The fraction of sp³-hybridized carbons (Fsp3) is 0.235. The van der Waals surface area contributed by atoms with Crippen molar-refractivity contribution in [2.75, 3.05) is 0 Å². The molecule has 2 nitrogen and oxygen atoms in total. The molecule has 0 aliphatic heterocycles. The third-order valence-electron chi connectivity index (χ3n) is 3.31. The van der Waals surface area contributed by atoms with Gasteiger partial charge in [-0.15, -0.1) is 0 Å². The summed E-state index contributed by atoms with van der Waals surface area (Å²) >= 11 is 0. The molecule has 2 aromatic rings. The molecule has 2 aromatic carbocycles. The summed E-state index contributed by atoms with van der Waals surface area (Å²) in [4.78, 5) is 11.0. The lowest BCUT2D eigenvalue weighted by molar-refractivity contribution is -0.131. The summed E-state index contributed by atoms with van der Waals surface area (Å²) in [5.74, 6) is 0.295. The fourth-order valence-corrected chi connectivity index (χ4v) is 2.14. The molecule has 0 aliphatic carbocycles. The molecule has 0 saturated carbocycles. The van der Waals surface area contributed by atoms with E-state index in [1.807, 2.05) is 30.3 Å². The Kier molecular flexibility index (Phi) is 3.70. The zero-order chi connectivity index (χ0) is 13.9. The second kappa shape index (κ2) is 5.27. The van der Waals surface area contributed by atoms with Gasteiger partial charge in [-0.3, -0.25) is 4.79 Å². The lowest BCUT2D eigenvalue weighted by Gasteiger charge is -2.26. The second-order valence-electron chi connectivity index (χ2n) is 5.11. The predicted molar refractivity (Wildman–Crippen MR) is 76.3 cm³/mol. The third-order valence-corrected chi connectivity index (χ3v) is 3.31. The highest BCUT2D eigenvalue weighted by molar-refractivity contribution is 5.69. The van der Waals surface area contributed by atoms with Crippen molar-refractivity contribution >= 4 is 5.97 Å². The molecule has 0 atom stereocenters. The van der Waals surface area contributed by atoms with Crippen LogP contribution in [-0.2, 0) is 10.2 Å². The van der Waals surface area contributed by atoms with Gasteiger partial charge < -0.3 is 4.74 Å². The van der Waals surface area contributed by atoms with Gasteiger partial charge in [0, 0.05) is 12.3 Å². The summed E-state index contributed by atoms with van der Waals surface area (Å²) in [6.07, 6.45) is 0. The molecule has 0 amide bonds. The molecule has 0 saturated heterocycles. The van der Waals surface area contributed by atoms with Crippen LogP contribution in [0.5, 0.6) is 5.75 Å². The van der Waals surface area contributed by atoms with Gasteiger partial charge in [0.15, 0.2) is 0 Å². The van der Waals surface area contributed by atoms with E-state index in [1.165, 1.54) is 12.5 Å². The maximum absolute atomic E-state index is 11.0. The van der Waals surface area contributed by atoms with E-state index in [0.29, 0.717) is 5.75 Å². The molecule has 19 heavy (non-hydrogen) atoms. The Hall–Kier alpha value is -2.09. The van der Waals surface area contributed by atoms with E-state index in [0.717, 1.165) is 5.56 Å². The van der Waals surface area contributed by atoms with Crippen molar-refractivity contribution in [2.45, 2.75) is 26.2 Å². The largest absolute Gasteiger partial charge is 0.427 e. The standard InChI is InChI=1S/C17H18O2/c1-13(18)19-16-11-7-10-15(12-16)17(2,3)14-8-5-4-6-9-14/h4-12H,1-3H3. The van der Waals surface area contributed by atoms with Crippen molar-refractivity contribution in [2.24, 2.45) is 0 Å². The number of carbonyl (C=O) groups is 1. The van der Waals surface area contributed by atoms with Crippen LogP contribution in [0.3, 0.4) is 0 Å². The van der Waals surface area contributed by atoms with Crippen LogP contribution in [0.2, 0.25) is 0 Å². The summed E-state index contributed by atoms with van der Waals surface area (Å²) in [5.41, 5.74) is 2.23. The van der Waals surface area contributed by atoms with Crippen molar-refractivity contribution in [1.29, 1.82) is 0 Å². The molecule has 0 radical (unpaired) electrons. The van der Waals surface area contributed by atoms with E-state index in [2.05, 4.69) is 32.0 Å². The molecule has 0 spiro atoms. The van der Waals surface area contributed by atoms with Gasteiger partial charge in [0.05, 0.1) is 0 Å². The topological polar surface area (TPSA) is 26.3 Å². The molecule has 2 heteroatoms. The number of hydrogen-bond acceptors (Lipinski definition) is 2. The van der Waals surface area contributed by atoms with E-state index in [4.69, 9.17) is 4.74 Å². The number of benzene rings is 2. The minimum atomic E-state index is -0.297. The lowest BCUT2D eigenvalue weighted by atomic mass is 9.78. The molecule has 0 N–H and O–H groups in total. The maximum atomic E-state index is 11.0. The van der Waals surface area contributed by atoms with Crippen LogP contribution < -0.4 is 4.74 Å². The summed E-state index contributed by atoms with van der Waals surface area (Å²) < 4.78 is 5.15. The van der Waals surface area contributed by atoms with E-state index in [-0.39, 0.29) is 11.4 Å². The van der Waals surface area contributed by atoms with Crippen molar-refractivity contribution < 1.29 is 9.53 Å². The number of hydrogen-bond donors (Lipinski definition) is 0. The second-order valence-corrected chi connectivity index (χ2v) is 5.11. The summed E-state index contributed by atoms with van der Waals surface area (Å²) in [6.45, 7) is 5.74. The van der Waals surface area contributed by atoms with Gasteiger partial charge in [0.25, 0.3) is 0 Å². The summed E-state index contributed by atoms with van der Waals surface area (Å²) in [7, 11) is 0. The van der Waals surface area contributed by atoms with Gasteiger partial charge in [-0.2, -0.15) is 0 Å². The Balaban J connectivity index is 2.38. The van der Waals surface area contributed by atoms with Gasteiger partial charge >= 0.3 is 5.97 Å². The zero-order valence-electron chi connectivity index (χ0n) is 11.5. The molecule has 0 aliphatic rings. The minimum Gasteiger partial charge on any atom is -0.427 e. The maximum Gasteiger partial charge on any atom is 0.308 e. The Bertz CT molecular complexity index is 571. The van der Waals surface area contributed by atoms with Gasteiger partial charge in [-0.1, -0.05) is 56.3 Å². The van der Waals surface area contributed by atoms with Crippen LogP contribution >= 0.6 is 0 Å². The van der Waals surface area contributed by atoms with Crippen LogP contribution in [0, 0.1) is 0 Å². The number of rotatable bonds is 3. The van der Waals surface area contributed by atoms with Crippen LogP contribution in [0.15, 0.2) is 54.6 Å². The van der Waals surface area contributed by atoms with Crippen molar-refractivity contribution in [3.8, 4) is 5.75 Å². The third kappa shape index (κ3) is 3.02. The first-order valence-corrected chi connectivity index (χ1v) is 6.34. The Morgan fingerprint density at radius 3 is 2.21 bits per heavy atom. The average Bonchev–Trinajstić information content (AvgIpc) is 2.39. The highest BCUT2D eigenvalue weighted by Crippen LogP contribution is 2.32. The first-order valence-electron chi connectivity index (χ1n) is 6.34. The SMILES string of the molecule is CC(=O)Oc1cccc(C(C)(C)c2ccccc2)c1. The van der Waals surface area contributed by atoms with Gasteiger partial charge in [0.2, 0.25) is 0 Å². The highest BCUT2D eigenvalue weighted by atomic mass is 16.5. The average molecular weight is 254 g/mol. The quantitative estimate of drug-likeness (QED) is 0.612. The molecule has 2 rings (SSSR count). The van der Waals surface area contributed by atoms with Crippen LogP contribution in [0.1, 0.15) is 31.9 Å². The molecule has 98 valence electrons. The van der Waals surface area contributed by atoms with E-state index in [1.54, 1.807) is 6.07 Å². The zero-order valence-corrected chi connectivity index (χ0v) is 11.5. The van der Waals surface area contributed by atoms with Crippen LogP contribution in [0.4, 0.5) is 0 Å². The first-order chi connectivity index (χ1) is 9.00. The van der Waals surface area contributed by atoms with E-state index >= 15 is 0 Å². The molecular weight excluding hydrogens is 236 g/mol. The van der Waals surface area contributed by atoms with Gasteiger partial charge in [-0.25, -0.2) is 0 Å². The number of ether oxygens (including phenoxy) is 1.